The van der Waals surface area contributed by atoms with Gasteiger partial charge in [0.05, 0.1) is 0 Å². The Hall–Kier alpha value is 0.220. The Morgan fingerprint density at radius 2 is 2.06 bits per heavy atom. The molecule has 0 bridgehead atoms. The molecule has 0 fully saturated rings. The molecule has 0 aliphatic carbocycles. The van der Waals surface area contributed by atoms with E-state index in [1.54, 1.807) is 0 Å². The second kappa shape index (κ2) is 11.1. The van der Waals surface area contributed by atoms with Crippen LogP contribution >= 0.6 is 24.0 Å². The van der Waals surface area contributed by atoms with Crippen molar-refractivity contribution < 1.29 is 4.28 Å². The van der Waals surface area contributed by atoms with Crippen LogP contribution in [0.25, 0.3) is 0 Å². The van der Waals surface area contributed by atoms with Crippen molar-refractivity contribution in [3.63, 3.8) is 0 Å². The summed E-state index contributed by atoms with van der Waals surface area (Å²) in [5, 5.41) is 0.332. The first-order valence-corrected chi connectivity index (χ1v) is 8.22. The third-order valence-electron chi connectivity index (χ3n) is 3.31. The van der Waals surface area contributed by atoms with Crippen molar-refractivity contribution in [1.82, 2.24) is 0 Å². The van der Waals surface area contributed by atoms with Crippen LogP contribution in [0.1, 0.15) is 65.7 Å². The molecule has 0 aliphatic rings. The molecular weight excluding hydrogens is 268 g/mol. The summed E-state index contributed by atoms with van der Waals surface area (Å²) in [6, 6.07) is 0. The van der Waals surface area contributed by atoms with Gasteiger partial charge in [0.2, 0.25) is 0 Å². The molecule has 2 unspecified atom stereocenters. The number of hydrogen-bond donors (Lipinski definition) is 1. The van der Waals surface area contributed by atoms with Crippen molar-refractivity contribution in [2.75, 3.05) is 0 Å². The van der Waals surface area contributed by atoms with E-state index in [2.05, 4.69) is 25.4 Å². The van der Waals surface area contributed by atoms with Gasteiger partial charge in [0.25, 0.3) is 0 Å². The van der Waals surface area contributed by atoms with Crippen LogP contribution in [-0.4, -0.2) is 10.00 Å². The highest BCUT2D eigenvalue weighted by atomic mass is 32.2. The molecule has 0 amide bonds. The van der Waals surface area contributed by atoms with E-state index >= 15 is 0 Å². The summed E-state index contributed by atoms with van der Waals surface area (Å²) in [5.74, 6) is 5.14. The first-order valence-electron chi connectivity index (χ1n) is 6.65. The Bertz CT molecular complexity index is 220. The van der Waals surface area contributed by atoms with E-state index in [4.69, 9.17) is 10.2 Å². The second-order valence-electron chi connectivity index (χ2n) is 4.82. The molecule has 0 aromatic rings. The summed E-state index contributed by atoms with van der Waals surface area (Å²) in [4.78, 5) is 10.4. The lowest BCUT2D eigenvalue weighted by molar-refractivity contribution is 0.375. The van der Waals surface area contributed by atoms with Gasteiger partial charge in [-0.1, -0.05) is 33.1 Å². The molecule has 18 heavy (non-hydrogen) atoms. The highest BCUT2D eigenvalue weighted by molar-refractivity contribution is 7.98. The summed E-state index contributed by atoms with van der Waals surface area (Å²) in [6.07, 6.45) is 7.64. The van der Waals surface area contributed by atoms with Gasteiger partial charge in [-0.2, -0.15) is 0 Å². The van der Waals surface area contributed by atoms with Crippen LogP contribution in [-0.2, 0) is 4.28 Å². The number of unbranched alkanes of at least 4 members (excludes halogenated alkanes) is 2. The Morgan fingerprint density at radius 1 is 1.33 bits per heavy atom. The molecule has 0 rings (SSSR count). The topological polar surface area (TPSA) is 64.7 Å². The van der Waals surface area contributed by atoms with Crippen LogP contribution < -0.4 is 5.90 Å². The predicted octanol–water partition coefficient (Wildman–Crippen LogP) is 4.84. The third-order valence-corrected chi connectivity index (χ3v) is 5.16. The Balaban J connectivity index is 4.09. The van der Waals surface area contributed by atoms with Crippen molar-refractivity contribution >= 4 is 24.0 Å². The van der Waals surface area contributed by atoms with Crippen molar-refractivity contribution in [2.45, 2.75) is 75.7 Å². The van der Waals surface area contributed by atoms with Crippen LogP contribution in [0.4, 0.5) is 0 Å². The molecule has 6 heteroatoms. The molecule has 2 N–H and O–H groups in total. The van der Waals surface area contributed by atoms with E-state index in [1.807, 2.05) is 0 Å². The predicted molar refractivity (Wildman–Crippen MR) is 82.1 cm³/mol. The molecule has 2 atom stereocenters. The van der Waals surface area contributed by atoms with Crippen LogP contribution in [0.3, 0.4) is 0 Å². The molecule has 4 nitrogen and oxygen atoms in total. The zero-order valence-corrected chi connectivity index (χ0v) is 13.3. The van der Waals surface area contributed by atoms with Crippen LogP contribution in [0.2, 0.25) is 0 Å². The summed E-state index contributed by atoms with van der Waals surface area (Å²) in [7, 11) is 0. The van der Waals surface area contributed by atoms with E-state index in [1.165, 1.54) is 43.3 Å². The maximum atomic E-state index is 10.4. The largest absolute Gasteiger partial charge is 0.234 e. The lowest BCUT2D eigenvalue weighted by atomic mass is 9.98. The minimum Gasteiger partial charge on any atom is -0.234 e. The van der Waals surface area contributed by atoms with Gasteiger partial charge in [-0.05, 0) is 32.6 Å². The van der Waals surface area contributed by atoms with Gasteiger partial charge in [0.15, 0.2) is 0 Å². The first kappa shape index (κ1) is 18.2. The summed E-state index contributed by atoms with van der Waals surface area (Å²) in [5.41, 5.74) is 0. The average Bonchev–Trinajstić information content (AvgIpc) is 2.36. The number of nitrogens with two attached hydrogens (primary N) is 1. The third kappa shape index (κ3) is 8.34. The molecular formula is C12H26N2O2S2. The fourth-order valence-corrected chi connectivity index (χ4v) is 2.96. The second-order valence-corrected chi connectivity index (χ2v) is 7.19. The van der Waals surface area contributed by atoms with Gasteiger partial charge in [-0.15, -0.1) is 4.91 Å². The summed E-state index contributed by atoms with van der Waals surface area (Å²) < 4.78 is 7.73. The molecule has 0 saturated heterocycles. The fourth-order valence-electron chi connectivity index (χ4n) is 1.79. The van der Waals surface area contributed by atoms with Gasteiger partial charge in [0, 0.05) is 38.6 Å². The fraction of sp³-hybridized carbons (Fsp3) is 1.00. The SMILES string of the molecule is CCCCCC(CCC(C)(CC)SON)SN=O. The molecule has 108 valence electrons. The molecule has 0 saturated carbocycles. The normalized spacial score (nSPS) is 16.2. The van der Waals surface area contributed by atoms with Gasteiger partial charge < -0.3 is 0 Å². The zero-order valence-electron chi connectivity index (χ0n) is 11.7. The van der Waals surface area contributed by atoms with E-state index in [0.717, 1.165) is 25.7 Å². The molecule has 0 aromatic carbocycles. The number of nitroso groups, excluding NO2 is 1. The van der Waals surface area contributed by atoms with E-state index in [9.17, 15) is 4.91 Å². The maximum absolute atomic E-state index is 10.4. The average molecular weight is 294 g/mol. The van der Waals surface area contributed by atoms with Crippen LogP contribution in [0.15, 0.2) is 4.58 Å². The minimum atomic E-state index is 0.0290. The van der Waals surface area contributed by atoms with Crippen LogP contribution in [0, 0.1) is 4.91 Å². The number of nitrogens with zero attached hydrogens (tertiary/aromatic N) is 1. The number of rotatable bonds is 12. The van der Waals surface area contributed by atoms with Gasteiger partial charge in [-0.25, -0.2) is 10.2 Å². The lowest BCUT2D eigenvalue weighted by Crippen LogP contribution is -2.22. The standard InChI is InChI=1S/C12H26N2O2S2/c1-4-6-7-8-11(17-14-15)9-10-12(3,5-2)18-16-13/h11H,4-10,13H2,1-3H3. The van der Waals surface area contributed by atoms with Crippen molar-refractivity contribution in [3.8, 4) is 0 Å². The summed E-state index contributed by atoms with van der Waals surface area (Å²) in [6.45, 7) is 6.46. The van der Waals surface area contributed by atoms with E-state index in [0.29, 0.717) is 5.25 Å². The highest BCUT2D eigenvalue weighted by Crippen LogP contribution is 2.35. The Morgan fingerprint density at radius 3 is 2.56 bits per heavy atom. The Labute approximate surface area is 119 Å². The molecule has 0 aliphatic heterocycles. The summed E-state index contributed by atoms with van der Waals surface area (Å²) >= 11 is 2.51. The van der Waals surface area contributed by atoms with Crippen LogP contribution in [0.5, 0.6) is 0 Å². The van der Waals surface area contributed by atoms with E-state index in [-0.39, 0.29) is 4.75 Å². The quantitative estimate of drug-likeness (QED) is 0.183. The first-order chi connectivity index (χ1) is 8.61. The molecule has 0 heterocycles. The minimum absolute atomic E-state index is 0.0290. The molecule has 0 spiro atoms. The zero-order chi connectivity index (χ0) is 13.9. The Kier molecular flexibility index (Phi) is 11.2. The highest BCUT2D eigenvalue weighted by Gasteiger charge is 2.25. The van der Waals surface area contributed by atoms with Gasteiger partial charge >= 0.3 is 0 Å². The van der Waals surface area contributed by atoms with Crippen molar-refractivity contribution in [1.29, 1.82) is 0 Å². The van der Waals surface area contributed by atoms with Crippen molar-refractivity contribution in [2.24, 2.45) is 10.5 Å². The lowest BCUT2D eigenvalue weighted by Gasteiger charge is -2.26. The van der Waals surface area contributed by atoms with Gasteiger partial charge in [-0.3, -0.25) is 0 Å². The smallest absolute Gasteiger partial charge is 0.0412 e. The van der Waals surface area contributed by atoms with Gasteiger partial charge in [0.1, 0.15) is 0 Å². The maximum Gasteiger partial charge on any atom is 0.0412 e. The van der Waals surface area contributed by atoms with Crippen molar-refractivity contribution in [3.05, 3.63) is 4.91 Å². The van der Waals surface area contributed by atoms with E-state index < -0.39 is 0 Å². The molecule has 0 aromatic heterocycles. The monoisotopic (exact) mass is 294 g/mol. The molecule has 0 radical (unpaired) electrons. The number of hydrogen-bond acceptors (Lipinski definition) is 6.